The standard InChI is InChI=1S/C17H10N6O3/c18-6-10(7-19)12(21)16(8-20)11(9-4-2-1-3-5-9)17(16)13(24)22-15(26)23-14(17)25/h1-5,11H,21H2,(H2,22,23,24,25,26)/t11-,16+/m0/s1. The number of benzene rings is 1. The van der Waals surface area contributed by atoms with Crippen molar-refractivity contribution < 1.29 is 14.4 Å². The van der Waals surface area contributed by atoms with Gasteiger partial charge in [-0.1, -0.05) is 30.3 Å². The van der Waals surface area contributed by atoms with E-state index >= 15 is 0 Å². The lowest BCUT2D eigenvalue weighted by atomic mass is 9.86. The molecule has 2 fully saturated rings. The summed E-state index contributed by atoms with van der Waals surface area (Å²) in [6.45, 7) is 0. The number of carbonyl (C=O) groups excluding carboxylic acids is 3. The summed E-state index contributed by atoms with van der Waals surface area (Å²) < 4.78 is 0. The Balaban J connectivity index is 2.34. The van der Waals surface area contributed by atoms with Crippen LogP contribution in [-0.4, -0.2) is 17.8 Å². The number of urea groups is 1. The van der Waals surface area contributed by atoms with E-state index < -0.39 is 45.9 Å². The molecule has 0 bridgehead atoms. The maximum absolute atomic E-state index is 12.7. The van der Waals surface area contributed by atoms with Crippen LogP contribution in [0.25, 0.3) is 0 Å². The van der Waals surface area contributed by atoms with E-state index in [1.807, 2.05) is 16.7 Å². The Morgan fingerprint density at radius 3 is 2.00 bits per heavy atom. The molecule has 9 heteroatoms. The van der Waals surface area contributed by atoms with Gasteiger partial charge >= 0.3 is 6.03 Å². The Bertz CT molecular complexity index is 972. The molecule has 1 heterocycles. The lowest BCUT2D eigenvalue weighted by molar-refractivity contribution is -0.139. The molecule has 2 aliphatic rings. The van der Waals surface area contributed by atoms with E-state index in [0.29, 0.717) is 5.56 Å². The van der Waals surface area contributed by atoms with Crippen LogP contribution in [0.4, 0.5) is 4.79 Å². The largest absolute Gasteiger partial charge is 0.399 e. The molecule has 1 aromatic rings. The molecule has 1 saturated carbocycles. The first-order chi connectivity index (χ1) is 12.4. The first-order valence-corrected chi connectivity index (χ1v) is 7.35. The van der Waals surface area contributed by atoms with Gasteiger partial charge in [-0.2, -0.15) is 15.8 Å². The first kappa shape index (κ1) is 16.7. The van der Waals surface area contributed by atoms with E-state index in [1.54, 1.807) is 42.5 Å². The quantitative estimate of drug-likeness (QED) is 0.495. The number of carbonyl (C=O) groups is 3. The fourth-order valence-electron chi connectivity index (χ4n) is 3.70. The molecule has 2 atom stereocenters. The summed E-state index contributed by atoms with van der Waals surface area (Å²) in [7, 11) is 0. The zero-order valence-corrected chi connectivity index (χ0v) is 13.1. The van der Waals surface area contributed by atoms with Crippen molar-refractivity contribution in [3.05, 3.63) is 47.2 Å². The fourth-order valence-corrected chi connectivity index (χ4v) is 3.70. The van der Waals surface area contributed by atoms with Crippen LogP contribution in [0, 0.1) is 44.8 Å². The number of hydrogen-bond donors (Lipinski definition) is 3. The minimum Gasteiger partial charge on any atom is -0.399 e. The molecule has 0 radical (unpaired) electrons. The maximum atomic E-state index is 12.7. The lowest BCUT2D eigenvalue weighted by Gasteiger charge is -2.23. The van der Waals surface area contributed by atoms with E-state index in [-0.39, 0.29) is 0 Å². The number of nitrogens with zero attached hydrogens (tertiary/aromatic N) is 3. The van der Waals surface area contributed by atoms with Crippen molar-refractivity contribution in [3.63, 3.8) is 0 Å². The molecule has 26 heavy (non-hydrogen) atoms. The van der Waals surface area contributed by atoms with Crippen LogP contribution >= 0.6 is 0 Å². The summed E-state index contributed by atoms with van der Waals surface area (Å²) >= 11 is 0. The van der Waals surface area contributed by atoms with Gasteiger partial charge in [-0.3, -0.25) is 20.2 Å². The average Bonchev–Trinajstić information content (AvgIpc) is 3.27. The molecule has 126 valence electrons. The molecule has 4 amide bonds. The molecule has 1 spiro atoms. The Morgan fingerprint density at radius 1 is 1.00 bits per heavy atom. The second-order valence-electron chi connectivity index (χ2n) is 5.82. The Hall–Kier alpha value is -4.16. The second kappa shape index (κ2) is 5.44. The number of hydrogen-bond acceptors (Lipinski definition) is 7. The van der Waals surface area contributed by atoms with Gasteiger partial charge in [0.25, 0.3) is 0 Å². The van der Waals surface area contributed by atoms with Crippen molar-refractivity contribution in [1.29, 1.82) is 15.8 Å². The van der Waals surface area contributed by atoms with Gasteiger partial charge in [0.1, 0.15) is 23.1 Å². The maximum Gasteiger partial charge on any atom is 0.328 e. The van der Waals surface area contributed by atoms with Crippen LogP contribution < -0.4 is 16.4 Å². The molecule has 4 N–H and O–H groups in total. The topological polar surface area (TPSA) is 173 Å². The summed E-state index contributed by atoms with van der Waals surface area (Å²) in [5.41, 5.74) is 1.32. The number of imide groups is 2. The van der Waals surface area contributed by atoms with Crippen LogP contribution in [0.3, 0.4) is 0 Å². The monoisotopic (exact) mass is 346 g/mol. The number of nitriles is 3. The number of nitrogens with one attached hydrogen (secondary N) is 2. The van der Waals surface area contributed by atoms with E-state index in [1.165, 1.54) is 0 Å². The minimum atomic E-state index is -2.06. The predicted octanol–water partition coefficient (Wildman–Crippen LogP) is -0.0939. The molecule has 3 rings (SSSR count). The highest BCUT2D eigenvalue weighted by atomic mass is 16.2. The molecule has 1 aromatic carbocycles. The summed E-state index contributed by atoms with van der Waals surface area (Å²) in [4.78, 5) is 36.8. The zero-order chi connectivity index (χ0) is 19.1. The fraction of sp³-hybridized carbons (Fsp3) is 0.176. The van der Waals surface area contributed by atoms with Crippen LogP contribution in [0.15, 0.2) is 41.6 Å². The number of rotatable bonds is 2. The highest BCUT2D eigenvalue weighted by molar-refractivity contribution is 6.24. The van der Waals surface area contributed by atoms with E-state index in [2.05, 4.69) is 0 Å². The van der Waals surface area contributed by atoms with Gasteiger partial charge in [0.2, 0.25) is 11.8 Å². The van der Waals surface area contributed by atoms with Crippen molar-refractivity contribution in [2.24, 2.45) is 16.6 Å². The molecule has 0 unspecified atom stereocenters. The molecule has 1 aliphatic heterocycles. The van der Waals surface area contributed by atoms with Crippen LogP contribution in [0.5, 0.6) is 0 Å². The number of nitrogens with two attached hydrogens (primary N) is 1. The third kappa shape index (κ3) is 1.73. The molecular weight excluding hydrogens is 336 g/mol. The predicted molar refractivity (Wildman–Crippen MR) is 83.8 cm³/mol. The van der Waals surface area contributed by atoms with Gasteiger partial charge in [-0.25, -0.2) is 4.79 Å². The highest BCUT2D eigenvalue weighted by Gasteiger charge is 2.88. The molecule has 1 aliphatic carbocycles. The van der Waals surface area contributed by atoms with Gasteiger partial charge in [0.15, 0.2) is 5.41 Å². The Kier molecular flexibility index (Phi) is 3.49. The van der Waals surface area contributed by atoms with Crippen LogP contribution in [0.1, 0.15) is 11.5 Å². The van der Waals surface area contributed by atoms with Gasteiger partial charge in [-0.05, 0) is 5.56 Å². The second-order valence-corrected chi connectivity index (χ2v) is 5.82. The highest BCUT2D eigenvalue weighted by Crippen LogP contribution is 2.77. The van der Waals surface area contributed by atoms with Crippen molar-refractivity contribution in [1.82, 2.24) is 10.6 Å². The number of amides is 4. The SMILES string of the molecule is N#CC(C#N)=C(N)[C@@]1(C#N)[C@H](c2ccccc2)C12C(=O)NC(=O)NC2=O. The van der Waals surface area contributed by atoms with E-state index in [9.17, 15) is 19.6 Å². The summed E-state index contributed by atoms with van der Waals surface area (Å²) in [6.07, 6.45) is 0. The summed E-state index contributed by atoms with van der Waals surface area (Å²) in [6, 6.07) is 12.2. The third-order valence-electron chi connectivity index (χ3n) is 4.80. The third-order valence-corrected chi connectivity index (χ3v) is 4.80. The molecule has 0 aromatic heterocycles. The van der Waals surface area contributed by atoms with Crippen molar-refractivity contribution in [2.75, 3.05) is 0 Å². The van der Waals surface area contributed by atoms with Gasteiger partial charge in [0, 0.05) is 5.92 Å². The number of barbiturate groups is 1. The van der Waals surface area contributed by atoms with Crippen molar-refractivity contribution in [2.45, 2.75) is 5.92 Å². The molecule has 1 saturated heterocycles. The van der Waals surface area contributed by atoms with Crippen molar-refractivity contribution >= 4 is 17.8 Å². The summed E-state index contributed by atoms with van der Waals surface area (Å²) in [5, 5.41) is 32.1. The smallest absolute Gasteiger partial charge is 0.328 e. The molecule has 9 nitrogen and oxygen atoms in total. The van der Waals surface area contributed by atoms with E-state index in [0.717, 1.165) is 0 Å². The Morgan fingerprint density at radius 2 is 1.54 bits per heavy atom. The molecular formula is C17H10N6O3. The van der Waals surface area contributed by atoms with Crippen LogP contribution in [-0.2, 0) is 9.59 Å². The van der Waals surface area contributed by atoms with E-state index in [4.69, 9.17) is 16.3 Å². The summed E-state index contributed by atoms with van der Waals surface area (Å²) in [5.74, 6) is -3.06. The Labute approximate surface area is 147 Å². The average molecular weight is 346 g/mol. The zero-order valence-electron chi connectivity index (χ0n) is 13.1. The van der Waals surface area contributed by atoms with Gasteiger partial charge < -0.3 is 5.73 Å². The van der Waals surface area contributed by atoms with Gasteiger partial charge in [-0.15, -0.1) is 0 Å². The van der Waals surface area contributed by atoms with Gasteiger partial charge in [0.05, 0.1) is 11.8 Å². The normalized spacial score (nSPS) is 25.1. The minimum absolute atomic E-state index is 0.437. The lowest BCUT2D eigenvalue weighted by Crippen LogP contribution is -2.59. The van der Waals surface area contributed by atoms with Crippen molar-refractivity contribution in [3.8, 4) is 18.2 Å². The van der Waals surface area contributed by atoms with Crippen LogP contribution in [0.2, 0.25) is 0 Å². The number of allylic oxidation sites excluding steroid dienone is 2. The first-order valence-electron chi connectivity index (χ1n) is 7.35.